The van der Waals surface area contributed by atoms with Gasteiger partial charge in [0.05, 0.1) is 0 Å². The van der Waals surface area contributed by atoms with Crippen LogP contribution in [0.25, 0.3) is 0 Å². The maximum atomic E-state index is 12.7. The van der Waals surface area contributed by atoms with Gasteiger partial charge in [-0.2, -0.15) is 0 Å². The molecule has 2 fully saturated rings. The number of rotatable bonds is 6. The van der Waals surface area contributed by atoms with Gasteiger partial charge in [-0.25, -0.2) is 4.79 Å². The molecule has 3 heteroatoms. The Kier molecular flexibility index (Phi) is 5.36. The summed E-state index contributed by atoms with van der Waals surface area (Å²) in [5, 5.41) is 12.7. The molecule has 158 valence electrons. The molecule has 0 radical (unpaired) electrons. The van der Waals surface area contributed by atoms with Crippen LogP contribution in [0, 0.1) is 16.7 Å². The number of benzene rings is 2. The van der Waals surface area contributed by atoms with Gasteiger partial charge in [0.2, 0.25) is 0 Å². The van der Waals surface area contributed by atoms with Crippen molar-refractivity contribution >= 4 is 5.97 Å². The van der Waals surface area contributed by atoms with Gasteiger partial charge in [-0.3, -0.25) is 0 Å². The minimum Gasteiger partial charge on any atom is -0.458 e. The molecule has 0 aliphatic heterocycles. The zero-order chi connectivity index (χ0) is 21.4. The molecule has 0 heterocycles. The van der Waals surface area contributed by atoms with Crippen LogP contribution in [0.5, 0.6) is 0 Å². The minimum absolute atomic E-state index is 0.188. The van der Waals surface area contributed by atoms with Crippen molar-refractivity contribution in [3.8, 4) is 0 Å². The second-order valence-electron chi connectivity index (χ2n) is 9.34. The molecular weight excluding hydrogens is 372 g/mol. The van der Waals surface area contributed by atoms with Crippen molar-refractivity contribution in [1.82, 2.24) is 0 Å². The van der Waals surface area contributed by atoms with E-state index >= 15 is 0 Å². The molecule has 3 atom stereocenters. The fourth-order valence-electron chi connectivity index (χ4n) is 6.36. The Morgan fingerprint density at radius 1 is 1.10 bits per heavy atom. The van der Waals surface area contributed by atoms with Crippen molar-refractivity contribution in [2.24, 2.45) is 16.7 Å². The summed E-state index contributed by atoms with van der Waals surface area (Å²) >= 11 is 0. The number of allylic oxidation sites excluding steroid dienone is 1. The molecule has 2 aromatic carbocycles. The van der Waals surface area contributed by atoms with E-state index in [4.69, 9.17) is 4.74 Å². The number of carbonyl (C=O) groups excluding carboxylic acids is 1. The fraction of sp³-hybridized carbons (Fsp3) is 0.444. The maximum absolute atomic E-state index is 12.7. The number of aliphatic hydroxyl groups is 1. The Morgan fingerprint density at radius 2 is 1.67 bits per heavy atom. The first-order valence-electron chi connectivity index (χ1n) is 11.1. The molecule has 2 aromatic rings. The summed E-state index contributed by atoms with van der Waals surface area (Å²) in [6.07, 6.45) is 6.45. The van der Waals surface area contributed by atoms with Gasteiger partial charge in [-0.15, -0.1) is 0 Å². The Bertz CT molecular complexity index is 876. The highest BCUT2D eigenvalue weighted by Crippen LogP contribution is 2.73. The molecule has 0 aromatic heterocycles. The van der Waals surface area contributed by atoms with Crippen molar-refractivity contribution in [3.63, 3.8) is 0 Å². The number of carbonyl (C=O) groups is 1. The largest absolute Gasteiger partial charge is 0.458 e. The molecule has 3 nitrogen and oxygen atoms in total. The van der Waals surface area contributed by atoms with E-state index in [1.165, 1.54) is 6.08 Å². The van der Waals surface area contributed by atoms with E-state index in [0.717, 1.165) is 36.8 Å². The van der Waals surface area contributed by atoms with Gasteiger partial charge in [0.1, 0.15) is 11.7 Å². The van der Waals surface area contributed by atoms with E-state index < -0.39 is 11.0 Å². The SMILES string of the molecule is CC/C=C/C(=O)OC1CC2CCC1(C(O)(c1ccccc1)c1ccccc1)C2(C)C. The van der Waals surface area contributed by atoms with Crippen molar-refractivity contribution < 1.29 is 14.6 Å². The van der Waals surface area contributed by atoms with Crippen LogP contribution in [0.1, 0.15) is 57.6 Å². The lowest BCUT2D eigenvalue weighted by Crippen LogP contribution is -2.57. The van der Waals surface area contributed by atoms with Crippen LogP contribution >= 0.6 is 0 Å². The number of esters is 1. The zero-order valence-corrected chi connectivity index (χ0v) is 18.2. The summed E-state index contributed by atoms with van der Waals surface area (Å²) < 4.78 is 6.09. The first kappa shape index (κ1) is 20.9. The van der Waals surface area contributed by atoms with Crippen LogP contribution in [-0.2, 0) is 15.1 Å². The monoisotopic (exact) mass is 404 g/mol. The summed E-state index contributed by atoms with van der Waals surface area (Å²) in [7, 11) is 0. The highest BCUT2D eigenvalue weighted by molar-refractivity contribution is 5.82. The van der Waals surface area contributed by atoms with Gasteiger partial charge in [0.15, 0.2) is 0 Å². The fourth-order valence-corrected chi connectivity index (χ4v) is 6.36. The molecule has 30 heavy (non-hydrogen) atoms. The average Bonchev–Trinajstić information content (AvgIpc) is 3.15. The number of hydrogen-bond donors (Lipinski definition) is 1. The first-order chi connectivity index (χ1) is 14.4. The van der Waals surface area contributed by atoms with Gasteiger partial charge in [0, 0.05) is 11.5 Å². The summed E-state index contributed by atoms with van der Waals surface area (Å²) in [5.41, 5.74) is -0.339. The number of ether oxygens (including phenoxy) is 1. The number of fused-ring (bicyclic) bond motifs is 2. The van der Waals surface area contributed by atoms with Crippen LogP contribution in [-0.4, -0.2) is 17.2 Å². The lowest BCUT2D eigenvalue weighted by Gasteiger charge is -2.53. The van der Waals surface area contributed by atoms with Crippen molar-refractivity contribution in [2.75, 3.05) is 0 Å². The molecular formula is C27H32O3. The molecule has 2 bridgehead atoms. The Hall–Kier alpha value is -2.39. The third-order valence-corrected chi connectivity index (χ3v) is 7.88. The van der Waals surface area contributed by atoms with Gasteiger partial charge in [-0.05, 0) is 48.1 Å². The summed E-state index contributed by atoms with van der Waals surface area (Å²) in [4.78, 5) is 12.6. The van der Waals surface area contributed by atoms with Crippen molar-refractivity contribution in [3.05, 3.63) is 83.9 Å². The summed E-state index contributed by atoms with van der Waals surface area (Å²) in [6, 6.07) is 19.8. The Morgan fingerprint density at radius 3 is 2.17 bits per heavy atom. The standard InChI is InChI=1S/C27H32O3/c1-4-5-16-24(28)30-23-19-22-17-18-26(23,25(22,2)3)27(29,20-12-8-6-9-13-20)21-14-10-7-11-15-21/h5-16,22-23,29H,4,17-19H2,1-3H3/b16-5+. The third-order valence-electron chi connectivity index (χ3n) is 7.88. The van der Waals surface area contributed by atoms with Crippen LogP contribution in [0.2, 0.25) is 0 Å². The Labute approximate surface area is 179 Å². The van der Waals surface area contributed by atoms with Gasteiger partial charge < -0.3 is 9.84 Å². The predicted octanol–water partition coefficient (Wildman–Crippen LogP) is 5.63. The molecule has 0 spiro atoms. The predicted molar refractivity (Wildman–Crippen MR) is 119 cm³/mol. The van der Waals surface area contributed by atoms with E-state index in [1.54, 1.807) is 0 Å². The lowest BCUT2D eigenvalue weighted by atomic mass is 9.54. The topological polar surface area (TPSA) is 46.5 Å². The van der Waals surface area contributed by atoms with Crippen molar-refractivity contribution in [1.29, 1.82) is 0 Å². The molecule has 0 amide bonds. The molecule has 2 aliphatic rings. The van der Waals surface area contributed by atoms with E-state index in [9.17, 15) is 9.90 Å². The van der Waals surface area contributed by atoms with Crippen LogP contribution in [0.3, 0.4) is 0 Å². The average molecular weight is 405 g/mol. The highest BCUT2D eigenvalue weighted by atomic mass is 16.5. The highest BCUT2D eigenvalue weighted by Gasteiger charge is 2.74. The quantitative estimate of drug-likeness (QED) is 0.502. The normalized spacial score (nSPS) is 27.5. The summed E-state index contributed by atoms with van der Waals surface area (Å²) in [6.45, 7) is 6.49. The van der Waals surface area contributed by atoms with Crippen LogP contribution < -0.4 is 0 Å². The second kappa shape index (κ2) is 7.70. The van der Waals surface area contributed by atoms with Crippen LogP contribution in [0.4, 0.5) is 0 Å². The zero-order valence-electron chi connectivity index (χ0n) is 18.2. The van der Waals surface area contributed by atoms with E-state index in [1.807, 2.05) is 73.7 Å². The maximum Gasteiger partial charge on any atom is 0.330 e. The molecule has 1 N–H and O–H groups in total. The Balaban J connectivity index is 1.90. The summed E-state index contributed by atoms with van der Waals surface area (Å²) in [5.74, 6) is 0.0949. The number of hydrogen-bond acceptors (Lipinski definition) is 3. The van der Waals surface area contributed by atoms with E-state index in [0.29, 0.717) is 5.92 Å². The minimum atomic E-state index is -1.26. The first-order valence-corrected chi connectivity index (χ1v) is 11.1. The van der Waals surface area contributed by atoms with Crippen molar-refractivity contribution in [2.45, 2.75) is 58.2 Å². The molecule has 3 unspecified atom stereocenters. The van der Waals surface area contributed by atoms with Gasteiger partial charge in [0.25, 0.3) is 0 Å². The lowest BCUT2D eigenvalue weighted by molar-refractivity contribution is -0.180. The molecule has 4 rings (SSSR count). The molecule has 2 aliphatic carbocycles. The smallest absolute Gasteiger partial charge is 0.330 e. The van der Waals surface area contributed by atoms with Crippen LogP contribution in [0.15, 0.2) is 72.8 Å². The molecule has 0 saturated heterocycles. The molecule has 2 saturated carbocycles. The van der Waals surface area contributed by atoms with E-state index in [-0.39, 0.29) is 17.5 Å². The second-order valence-corrected chi connectivity index (χ2v) is 9.34. The van der Waals surface area contributed by atoms with E-state index in [2.05, 4.69) is 13.8 Å². The van der Waals surface area contributed by atoms with Gasteiger partial charge in [-0.1, -0.05) is 87.5 Å². The third kappa shape index (κ3) is 2.86. The van der Waals surface area contributed by atoms with Gasteiger partial charge >= 0.3 is 5.97 Å².